The minimum Gasteiger partial charge on any atom is -0.384 e. The van der Waals surface area contributed by atoms with Crippen molar-refractivity contribution in [2.24, 2.45) is 11.7 Å². The lowest BCUT2D eigenvalue weighted by molar-refractivity contribution is -0.185. The molecule has 7 heteroatoms. The maximum Gasteiger partial charge on any atom is 0.391 e. The van der Waals surface area contributed by atoms with E-state index in [1.54, 1.807) is 6.07 Å². The molecule has 1 aliphatic heterocycles. The highest BCUT2D eigenvalue weighted by atomic mass is 19.4. The molecule has 1 heterocycles. The molecule has 0 unspecified atom stereocenters. The summed E-state index contributed by atoms with van der Waals surface area (Å²) in [7, 11) is 0. The van der Waals surface area contributed by atoms with Gasteiger partial charge in [0.1, 0.15) is 11.7 Å². The smallest absolute Gasteiger partial charge is 0.384 e. The summed E-state index contributed by atoms with van der Waals surface area (Å²) in [6, 6.07) is 4.26. The van der Waals surface area contributed by atoms with Crippen LogP contribution >= 0.6 is 0 Å². The average Bonchev–Trinajstić information content (AvgIpc) is 2.40. The number of hydrogen-bond acceptors (Lipinski definition) is 2. The molecule has 3 nitrogen and oxygen atoms in total. The van der Waals surface area contributed by atoms with Crippen molar-refractivity contribution in [3.63, 3.8) is 0 Å². The molecule has 3 N–H and O–H groups in total. The minimum atomic E-state index is -4.14. The zero-order valence-corrected chi connectivity index (χ0v) is 11.4. The van der Waals surface area contributed by atoms with Crippen LogP contribution < -0.4 is 5.73 Å². The Labute approximate surface area is 120 Å². The summed E-state index contributed by atoms with van der Waals surface area (Å²) >= 11 is 0. The molecular weight excluding hydrogens is 286 g/mol. The second-order valence-corrected chi connectivity index (χ2v) is 5.31. The highest BCUT2D eigenvalue weighted by Crippen LogP contribution is 2.34. The van der Waals surface area contributed by atoms with Crippen molar-refractivity contribution in [3.05, 3.63) is 35.1 Å². The minimum absolute atomic E-state index is 0.0522. The Hall–Kier alpha value is -1.63. The first-order valence-electron chi connectivity index (χ1n) is 6.69. The molecule has 0 aliphatic carbocycles. The third-order valence-corrected chi connectivity index (χ3v) is 3.81. The van der Waals surface area contributed by atoms with Gasteiger partial charge in [0.05, 0.1) is 5.92 Å². The Morgan fingerprint density at radius 3 is 2.38 bits per heavy atom. The van der Waals surface area contributed by atoms with Crippen LogP contribution in [0.25, 0.3) is 0 Å². The molecule has 0 bridgehead atoms. The summed E-state index contributed by atoms with van der Waals surface area (Å²) in [6.07, 6.45) is -4.03. The van der Waals surface area contributed by atoms with Crippen molar-refractivity contribution >= 4 is 5.84 Å². The van der Waals surface area contributed by atoms with Crippen molar-refractivity contribution in [1.29, 1.82) is 5.41 Å². The van der Waals surface area contributed by atoms with Gasteiger partial charge in [-0.3, -0.25) is 10.3 Å². The van der Waals surface area contributed by atoms with E-state index >= 15 is 0 Å². The lowest BCUT2D eigenvalue weighted by Crippen LogP contribution is -2.38. The van der Waals surface area contributed by atoms with Crippen LogP contribution in [-0.2, 0) is 6.54 Å². The highest BCUT2D eigenvalue weighted by Gasteiger charge is 2.40. The van der Waals surface area contributed by atoms with Gasteiger partial charge >= 0.3 is 6.18 Å². The molecule has 1 aromatic carbocycles. The van der Waals surface area contributed by atoms with Crippen LogP contribution in [0.1, 0.15) is 24.0 Å². The van der Waals surface area contributed by atoms with E-state index < -0.39 is 17.9 Å². The number of nitrogens with one attached hydrogen (secondary N) is 1. The normalized spacial score (nSPS) is 17.9. The number of nitrogens with zero attached hydrogens (tertiary/aromatic N) is 1. The summed E-state index contributed by atoms with van der Waals surface area (Å²) in [5.41, 5.74) is 5.98. The van der Waals surface area contributed by atoms with Crippen LogP contribution in [-0.4, -0.2) is 30.0 Å². The summed E-state index contributed by atoms with van der Waals surface area (Å²) in [5, 5.41) is 7.23. The second kappa shape index (κ2) is 6.01. The number of nitrogen functional groups attached to an aromatic ring is 1. The molecule has 2 rings (SSSR count). The predicted octanol–water partition coefficient (Wildman–Crippen LogP) is 2.88. The Kier molecular flexibility index (Phi) is 4.51. The lowest BCUT2D eigenvalue weighted by Gasteiger charge is -2.32. The van der Waals surface area contributed by atoms with Gasteiger partial charge in [0.15, 0.2) is 0 Å². The molecule has 1 saturated heterocycles. The Morgan fingerprint density at radius 2 is 1.90 bits per heavy atom. The number of nitrogens with two attached hydrogens (primary N) is 1. The Morgan fingerprint density at radius 1 is 1.29 bits per heavy atom. The van der Waals surface area contributed by atoms with E-state index in [1.165, 1.54) is 12.1 Å². The molecule has 0 atom stereocenters. The monoisotopic (exact) mass is 303 g/mol. The van der Waals surface area contributed by atoms with Crippen molar-refractivity contribution in [2.45, 2.75) is 25.6 Å². The van der Waals surface area contributed by atoms with Crippen LogP contribution in [0.5, 0.6) is 0 Å². The number of alkyl halides is 3. The van der Waals surface area contributed by atoms with Crippen molar-refractivity contribution in [1.82, 2.24) is 4.90 Å². The molecule has 0 spiro atoms. The molecule has 0 radical (unpaired) electrons. The van der Waals surface area contributed by atoms with E-state index in [9.17, 15) is 17.6 Å². The molecule has 116 valence electrons. The standard InChI is InChI=1S/C14H17F4N3/c15-12-7-9(13(19)20)1-2-10(12)8-21-5-3-11(4-6-21)14(16,17)18/h1-2,7,11H,3-6,8H2,(H3,19,20). The molecule has 0 aromatic heterocycles. The highest BCUT2D eigenvalue weighted by molar-refractivity contribution is 5.94. The van der Waals surface area contributed by atoms with Gasteiger partial charge in [-0.2, -0.15) is 13.2 Å². The third-order valence-electron chi connectivity index (χ3n) is 3.81. The summed E-state index contributed by atoms with van der Waals surface area (Å²) in [5.74, 6) is -1.95. The van der Waals surface area contributed by atoms with Gasteiger partial charge in [-0.25, -0.2) is 4.39 Å². The van der Waals surface area contributed by atoms with Gasteiger partial charge in [0.25, 0.3) is 0 Å². The lowest BCUT2D eigenvalue weighted by atomic mass is 9.96. The van der Waals surface area contributed by atoms with E-state index in [0.717, 1.165) is 0 Å². The van der Waals surface area contributed by atoms with Crippen molar-refractivity contribution in [3.8, 4) is 0 Å². The molecule has 21 heavy (non-hydrogen) atoms. The van der Waals surface area contributed by atoms with Crippen LogP contribution in [0.2, 0.25) is 0 Å². The SMILES string of the molecule is N=C(N)c1ccc(CN2CCC(C(F)(F)F)CC2)c(F)c1. The quantitative estimate of drug-likeness (QED) is 0.512. The van der Waals surface area contributed by atoms with Crippen LogP contribution in [0.3, 0.4) is 0 Å². The Bertz CT molecular complexity index is 519. The molecule has 0 amide bonds. The van der Waals surface area contributed by atoms with E-state index in [1.807, 2.05) is 4.90 Å². The van der Waals surface area contributed by atoms with E-state index in [0.29, 0.717) is 24.2 Å². The van der Waals surface area contributed by atoms with Crippen LogP contribution in [0.15, 0.2) is 18.2 Å². The fourth-order valence-corrected chi connectivity index (χ4v) is 2.50. The summed E-state index contributed by atoms with van der Waals surface area (Å²) in [4.78, 5) is 1.81. The van der Waals surface area contributed by atoms with E-state index in [-0.39, 0.29) is 25.2 Å². The zero-order valence-electron chi connectivity index (χ0n) is 11.4. The zero-order chi connectivity index (χ0) is 15.6. The van der Waals surface area contributed by atoms with Crippen molar-refractivity contribution < 1.29 is 17.6 Å². The van der Waals surface area contributed by atoms with Gasteiger partial charge in [-0.05, 0) is 32.0 Å². The maximum absolute atomic E-state index is 13.9. The van der Waals surface area contributed by atoms with E-state index in [4.69, 9.17) is 11.1 Å². The number of benzene rings is 1. The van der Waals surface area contributed by atoms with Crippen LogP contribution in [0, 0.1) is 17.1 Å². The van der Waals surface area contributed by atoms with Crippen LogP contribution in [0.4, 0.5) is 17.6 Å². The second-order valence-electron chi connectivity index (χ2n) is 5.31. The number of halogens is 4. The van der Waals surface area contributed by atoms with E-state index in [2.05, 4.69) is 0 Å². The average molecular weight is 303 g/mol. The number of rotatable bonds is 3. The first-order chi connectivity index (χ1) is 9.77. The molecular formula is C14H17F4N3. The Balaban J connectivity index is 1.96. The number of piperidine rings is 1. The first-order valence-corrected chi connectivity index (χ1v) is 6.69. The summed E-state index contributed by atoms with van der Waals surface area (Å²) < 4.78 is 51.6. The topological polar surface area (TPSA) is 53.1 Å². The fraction of sp³-hybridized carbons (Fsp3) is 0.500. The molecule has 1 fully saturated rings. The van der Waals surface area contributed by atoms with Gasteiger partial charge in [-0.1, -0.05) is 12.1 Å². The fourth-order valence-electron chi connectivity index (χ4n) is 2.50. The largest absolute Gasteiger partial charge is 0.391 e. The van der Waals surface area contributed by atoms with Crippen molar-refractivity contribution in [2.75, 3.05) is 13.1 Å². The predicted molar refractivity (Wildman–Crippen MR) is 71.5 cm³/mol. The van der Waals surface area contributed by atoms with Gasteiger partial charge in [0.2, 0.25) is 0 Å². The third kappa shape index (κ3) is 3.93. The maximum atomic E-state index is 13.9. The van der Waals surface area contributed by atoms with Gasteiger partial charge in [-0.15, -0.1) is 0 Å². The number of hydrogen-bond donors (Lipinski definition) is 2. The van der Waals surface area contributed by atoms with Gasteiger partial charge in [0, 0.05) is 17.7 Å². The number of amidine groups is 1. The molecule has 0 saturated carbocycles. The summed E-state index contributed by atoms with van der Waals surface area (Å²) in [6.45, 7) is 0.880. The molecule has 1 aliphatic rings. The first kappa shape index (κ1) is 15.8. The van der Waals surface area contributed by atoms with Gasteiger partial charge < -0.3 is 5.73 Å². The number of likely N-dealkylation sites (tertiary alicyclic amines) is 1. The molecule has 1 aromatic rings.